The van der Waals surface area contributed by atoms with Crippen LogP contribution < -0.4 is 4.90 Å². The number of nitrogens with zero attached hydrogens (tertiary/aromatic N) is 1. The number of rotatable bonds is 4. The Morgan fingerprint density at radius 1 is 1.20 bits per heavy atom. The van der Waals surface area contributed by atoms with E-state index in [0.29, 0.717) is 15.7 Å². The standard InChI is InChI=1S/C16H16BrNO7/c1-8-4-11(17)9(14(19)20)5-12(8)18-7-25-6-10(15(21)23-2)13(18)16(22)24-3/h4-5H,6-7H2,1-3H3,(H,19,20). The molecule has 1 aromatic carbocycles. The minimum Gasteiger partial charge on any atom is -0.478 e. The second-order valence-electron chi connectivity index (χ2n) is 5.14. The van der Waals surface area contributed by atoms with Crippen LogP contribution in [0.2, 0.25) is 0 Å². The molecule has 2 rings (SSSR count). The number of aromatic carboxylic acids is 1. The molecule has 1 aromatic rings. The van der Waals surface area contributed by atoms with Crippen molar-refractivity contribution in [2.75, 3.05) is 32.5 Å². The zero-order valence-corrected chi connectivity index (χ0v) is 15.4. The van der Waals surface area contributed by atoms with Crippen LogP contribution in [0, 0.1) is 6.92 Å². The van der Waals surface area contributed by atoms with Gasteiger partial charge in [-0.2, -0.15) is 0 Å². The van der Waals surface area contributed by atoms with E-state index in [1.165, 1.54) is 25.2 Å². The number of anilines is 1. The molecule has 0 unspecified atom stereocenters. The van der Waals surface area contributed by atoms with Crippen LogP contribution in [0.3, 0.4) is 0 Å². The Morgan fingerprint density at radius 2 is 1.84 bits per heavy atom. The normalized spacial score (nSPS) is 14.3. The van der Waals surface area contributed by atoms with E-state index in [2.05, 4.69) is 15.9 Å². The summed E-state index contributed by atoms with van der Waals surface area (Å²) in [6, 6.07) is 3.01. The first kappa shape index (κ1) is 18.9. The van der Waals surface area contributed by atoms with Gasteiger partial charge in [0.15, 0.2) is 0 Å². The SMILES string of the molecule is COC(=O)C1=C(C(=O)OC)N(c2cc(C(=O)O)c(Br)cc2C)COC1. The molecule has 0 amide bonds. The van der Waals surface area contributed by atoms with Crippen molar-refractivity contribution in [2.24, 2.45) is 0 Å². The van der Waals surface area contributed by atoms with E-state index in [1.54, 1.807) is 13.0 Å². The third kappa shape index (κ3) is 3.67. The molecular weight excluding hydrogens is 398 g/mol. The number of benzene rings is 1. The Labute approximate surface area is 152 Å². The molecule has 1 aliphatic heterocycles. The highest BCUT2D eigenvalue weighted by Crippen LogP contribution is 2.33. The number of carbonyl (C=O) groups is 3. The minimum absolute atomic E-state index is 0.000191. The van der Waals surface area contributed by atoms with Crippen molar-refractivity contribution >= 4 is 39.5 Å². The van der Waals surface area contributed by atoms with Crippen LogP contribution in [0.1, 0.15) is 15.9 Å². The molecule has 1 heterocycles. The van der Waals surface area contributed by atoms with Crippen molar-refractivity contribution in [3.63, 3.8) is 0 Å². The van der Waals surface area contributed by atoms with Crippen LogP contribution in [0.4, 0.5) is 5.69 Å². The van der Waals surface area contributed by atoms with Gasteiger partial charge in [-0.15, -0.1) is 0 Å². The largest absolute Gasteiger partial charge is 0.478 e. The first-order valence-electron chi connectivity index (χ1n) is 7.10. The Hall–Kier alpha value is -2.39. The van der Waals surface area contributed by atoms with Gasteiger partial charge in [0.1, 0.15) is 12.4 Å². The fourth-order valence-electron chi connectivity index (χ4n) is 2.45. The molecule has 9 heteroatoms. The van der Waals surface area contributed by atoms with E-state index in [1.807, 2.05) is 0 Å². The van der Waals surface area contributed by atoms with Crippen LogP contribution in [0.5, 0.6) is 0 Å². The van der Waals surface area contributed by atoms with Gasteiger partial charge in [-0.25, -0.2) is 14.4 Å². The number of hydrogen-bond donors (Lipinski definition) is 1. The van der Waals surface area contributed by atoms with Crippen LogP contribution >= 0.6 is 15.9 Å². The molecule has 0 saturated heterocycles. The lowest BCUT2D eigenvalue weighted by Gasteiger charge is -2.32. The van der Waals surface area contributed by atoms with Gasteiger partial charge >= 0.3 is 17.9 Å². The predicted molar refractivity (Wildman–Crippen MR) is 90.2 cm³/mol. The monoisotopic (exact) mass is 413 g/mol. The lowest BCUT2D eigenvalue weighted by atomic mass is 10.1. The Bertz CT molecular complexity index is 772. The summed E-state index contributed by atoms with van der Waals surface area (Å²) in [5, 5.41) is 9.32. The Morgan fingerprint density at radius 3 is 2.40 bits per heavy atom. The second-order valence-corrected chi connectivity index (χ2v) is 5.99. The highest BCUT2D eigenvalue weighted by molar-refractivity contribution is 9.10. The Kier molecular flexibility index (Phi) is 5.81. The molecule has 0 saturated carbocycles. The lowest BCUT2D eigenvalue weighted by molar-refractivity contribution is -0.140. The number of halogens is 1. The summed E-state index contributed by atoms with van der Waals surface area (Å²) in [6.45, 7) is 1.58. The maximum Gasteiger partial charge on any atom is 0.355 e. The van der Waals surface area contributed by atoms with E-state index in [4.69, 9.17) is 14.2 Å². The van der Waals surface area contributed by atoms with Gasteiger partial charge in [0, 0.05) is 10.2 Å². The van der Waals surface area contributed by atoms with Gasteiger partial charge in [0.25, 0.3) is 0 Å². The molecule has 0 aliphatic carbocycles. The summed E-state index contributed by atoms with van der Waals surface area (Å²) in [4.78, 5) is 37.1. The van der Waals surface area contributed by atoms with Crippen molar-refractivity contribution < 1.29 is 33.7 Å². The molecule has 0 atom stereocenters. The molecule has 0 fully saturated rings. The third-order valence-electron chi connectivity index (χ3n) is 3.64. The molecule has 25 heavy (non-hydrogen) atoms. The van der Waals surface area contributed by atoms with Gasteiger partial charge in [-0.1, -0.05) is 0 Å². The van der Waals surface area contributed by atoms with Crippen molar-refractivity contribution in [3.8, 4) is 0 Å². The smallest absolute Gasteiger partial charge is 0.355 e. The number of aryl methyl sites for hydroxylation is 1. The molecule has 0 spiro atoms. The van der Waals surface area contributed by atoms with Crippen molar-refractivity contribution in [2.45, 2.75) is 6.92 Å². The lowest BCUT2D eigenvalue weighted by Crippen LogP contribution is -2.39. The van der Waals surface area contributed by atoms with Gasteiger partial charge in [-0.3, -0.25) is 0 Å². The van der Waals surface area contributed by atoms with Gasteiger partial charge in [0.05, 0.1) is 32.0 Å². The highest BCUT2D eigenvalue weighted by Gasteiger charge is 2.33. The summed E-state index contributed by atoms with van der Waals surface area (Å²) >= 11 is 3.20. The van der Waals surface area contributed by atoms with Crippen LogP contribution in [0.25, 0.3) is 0 Å². The van der Waals surface area contributed by atoms with Gasteiger partial charge in [0.2, 0.25) is 0 Å². The van der Waals surface area contributed by atoms with Crippen molar-refractivity contribution in [1.29, 1.82) is 0 Å². The van der Waals surface area contributed by atoms with Crippen molar-refractivity contribution in [3.05, 3.63) is 39.0 Å². The van der Waals surface area contributed by atoms with Gasteiger partial charge < -0.3 is 24.2 Å². The fourth-order valence-corrected chi connectivity index (χ4v) is 3.08. The number of methoxy groups -OCH3 is 2. The second kappa shape index (κ2) is 7.66. The molecular formula is C16H16BrNO7. The summed E-state index contributed by atoms with van der Waals surface area (Å²) in [5.41, 5.74) is 1.05. The summed E-state index contributed by atoms with van der Waals surface area (Å²) in [7, 11) is 2.38. The summed E-state index contributed by atoms with van der Waals surface area (Å²) in [6.07, 6.45) is 0. The summed E-state index contributed by atoms with van der Waals surface area (Å²) in [5.74, 6) is -2.61. The molecule has 8 nitrogen and oxygen atoms in total. The average molecular weight is 414 g/mol. The highest BCUT2D eigenvalue weighted by atomic mass is 79.9. The molecule has 1 N–H and O–H groups in total. The maximum absolute atomic E-state index is 12.3. The van der Waals surface area contributed by atoms with Crippen LogP contribution in [0.15, 0.2) is 27.9 Å². The fraction of sp³-hybridized carbons (Fsp3) is 0.312. The van der Waals surface area contributed by atoms with E-state index in [-0.39, 0.29) is 30.2 Å². The van der Waals surface area contributed by atoms with Crippen LogP contribution in [-0.4, -0.2) is 50.6 Å². The number of carbonyl (C=O) groups excluding carboxylic acids is 2. The predicted octanol–water partition coefficient (Wildman–Crippen LogP) is 1.85. The van der Waals surface area contributed by atoms with Crippen LogP contribution in [-0.2, 0) is 23.8 Å². The first-order valence-corrected chi connectivity index (χ1v) is 7.89. The quantitative estimate of drug-likeness (QED) is 0.745. The van der Waals surface area contributed by atoms with Gasteiger partial charge in [-0.05, 0) is 40.5 Å². The zero-order valence-electron chi connectivity index (χ0n) is 13.8. The first-order chi connectivity index (χ1) is 11.8. The zero-order chi connectivity index (χ0) is 18.7. The van der Waals surface area contributed by atoms with E-state index < -0.39 is 17.9 Å². The minimum atomic E-state index is -1.14. The number of ether oxygens (including phenoxy) is 3. The average Bonchev–Trinajstić information content (AvgIpc) is 2.59. The number of carboxylic acids is 1. The molecule has 0 radical (unpaired) electrons. The number of carboxylic acid groups (broad SMARTS) is 1. The van der Waals surface area contributed by atoms with E-state index in [9.17, 15) is 19.5 Å². The van der Waals surface area contributed by atoms with E-state index in [0.717, 1.165) is 0 Å². The van der Waals surface area contributed by atoms with E-state index >= 15 is 0 Å². The topological polar surface area (TPSA) is 102 Å². The number of esters is 2. The van der Waals surface area contributed by atoms with Crippen molar-refractivity contribution in [1.82, 2.24) is 0 Å². The molecule has 0 aromatic heterocycles. The molecule has 134 valence electrons. The molecule has 1 aliphatic rings. The molecule has 0 bridgehead atoms. The third-order valence-corrected chi connectivity index (χ3v) is 4.30. The number of hydrogen-bond acceptors (Lipinski definition) is 7. The Balaban J connectivity index is 2.67. The maximum atomic E-state index is 12.3. The summed E-state index contributed by atoms with van der Waals surface area (Å²) < 4.78 is 15.3.